The molecule has 0 saturated carbocycles. The van der Waals surface area contributed by atoms with E-state index in [1.807, 2.05) is 6.92 Å². The summed E-state index contributed by atoms with van der Waals surface area (Å²) in [5.41, 5.74) is 0. The largest absolute Gasteiger partial charge is 0.396 e. The molecule has 0 spiro atoms. The molecular formula is C7H12O2S3. The molecule has 0 fully saturated rings. The monoisotopic (exact) mass is 224 g/mol. The zero-order valence-corrected chi connectivity index (χ0v) is 9.52. The molecule has 0 saturated heterocycles. The van der Waals surface area contributed by atoms with E-state index in [1.165, 1.54) is 23.5 Å². The van der Waals surface area contributed by atoms with Crippen molar-refractivity contribution in [2.75, 3.05) is 12.4 Å². The maximum absolute atomic E-state index is 10.8. The van der Waals surface area contributed by atoms with Gasteiger partial charge in [-0.3, -0.25) is 4.79 Å². The van der Waals surface area contributed by atoms with Gasteiger partial charge < -0.3 is 5.11 Å². The molecule has 0 aromatic rings. The highest BCUT2D eigenvalue weighted by atomic mass is 32.2. The number of hydrogen-bond acceptors (Lipinski definition) is 5. The van der Waals surface area contributed by atoms with E-state index in [-0.39, 0.29) is 17.6 Å². The Hall–Kier alpha value is 0.420. The number of Topliss-reactive ketones (excluding diaryl/α,β-unsaturated/α-hetero) is 1. The van der Waals surface area contributed by atoms with Gasteiger partial charge in [-0.15, -0.1) is 11.8 Å². The van der Waals surface area contributed by atoms with Crippen LogP contribution in [-0.4, -0.2) is 32.0 Å². The molecule has 0 aliphatic carbocycles. The number of carbonyl (C=O) groups excluding carboxylic acids is 1. The first-order valence-electron chi connectivity index (χ1n) is 3.52. The van der Waals surface area contributed by atoms with Crippen molar-refractivity contribution in [3.05, 3.63) is 0 Å². The number of aliphatic hydroxyl groups is 1. The van der Waals surface area contributed by atoms with Crippen LogP contribution in [0.5, 0.6) is 0 Å². The second kappa shape index (κ2) is 6.88. The van der Waals surface area contributed by atoms with E-state index >= 15 is 0 Å². The molecule has 70 valence electrons. The van der Waals surface area contributed by atoms with E-state index in [4.69, 9.17) is 17.3 Å². The fourth-order valence-electron chi connectivity index (χ4n) is 0.390. The van der Waals surface area contributed by atoms with E-state index in [2.05, 4.69) is 0 Å². The molecule has 0 bridgehead atoms. The summed E-state index contributed by atoms with van der Waals surface area (Å²) in [6, 6.07) is 0. The molecule has 12 heavy (non-hydrogen) atoms. The minimum Gasteiger partial charge on any atom is -0.396 e. The van der Waals surface area contributed by atoms with Crippen molar-refractivity contribution in [3.8, 4) is 0 Å². The topological polar surface area (TPSA) is 37.3 Å². The van der Waals surface area contributed by atoms with Crippen LogP contribution < -0.4 is 0 Å². The molecule has 5 heteroatoms. The molecule has 0 aromatic carbocycles. The lowest BCUT2D eigenvalue weighted by Crippen LogP contribution is -2.09. The van der Waals surface area contributed by atoms with Gasteiger partial charge in [-0.05, 0) is 13.8 Å². The number of aliphatic hydroxyl groups excluding tert-OH is 1. The fraction of sp³-hybridized carbons (Fsp3) is 0.714. The molecule has 0 radical (unpaired) electrons. The number of carbonyl (C=O) groups is 1. The van der Waals surface area contributed by atoms with Crippen molar-refractivity contribution >= 4 is 45.1 Å². The van der Waals surface area contributed by atoms with E-state index in [1.54, 1.807) is 6.92 Å². The third-order valence-electron chi connectivity index (χ3n) is 1.16. The van der Waals surface area contributed by atoms with Gasteiger partial charge in [0.15, 0.2) is 0 Å². The minimum atomic E-state index is -0.0660. The Morgan fingerprint density at radius 2 is 2.25 bits per heavy atom. The van der Waals surface area contributed by atoms with Gasteiger partial charge in [0.1, 0.15) is 9.31 Å². The molecule has 0 rings (SSSR count). The van der Waals surface area contributed by atoms with E-state index in [0.717, 1.165) is 3.53 Å². The number of rotatable bonds is 4. The van der Waals surface area contributed by atoms with Crippen LogP contribution in [-0.2, 0) is 4.79 Å². The quantitative estimate of drug-likeness (QED) is 0.736. The highest BCUT2D eigenvalue weighted by molar-refractivity contribution is 8.47. The van der Waals surface area contributed by atoms with Crippen molar-refractivity contribution < 1.29 is 9.90 Å². The van der Waals surface area contributed by atoms with Crippen LogP contribution in [0.15, 0.2) is 0 Å². The summed E-state index contributed by atoms with van der Waals surface area (Å²) in [6.45, 7) is 3.51. The Morgan fingerprint density at radius 1 is 1.67 bits per heavy atom. The van der Waals surface area contributed by atoms with Crippen molar-refractivity contribution in [2.24, 2.45) is 0 Å². The Bertz CT molecular complexity index is 170. The fourth-order valence-corrected chi connectivity index (χ4v) is 2.74. The summed E-state index contributed by atoms with van der Waals surface area (Å²) in [4.78, 5) is 10.8. The van der Waals surface area contributed by atoms with E-state index in [9.17, 15) is 4.79 Å². The normalized spacial score (nSPS) is 12.6. The highest BCUT2D eigenvalue weighted by Gasteiger charge is 2.10. The summed E-state index contributed by atoms with van der Waals surface area (Å²) < 4.78 is 0.728. The lowest BCUT2D eigenvalue weighted by Gasteiger charge is -2.06. The van der Waals surface area contributed by atoms with Gasteiger partial charge in [0, 0.05) is 5.75 Å². The summed E-state index contributed by atoms with van der Waals surface area (Å²) in [6.07, 6.45) is 0. The molecule has 0 aromatic heterocycles. The number of thioether (sulfide) groups is 2. The lowest BCUT2D eigenvalue weighted by atomic mass is 10.3. The first kappa shape index (κ1) is 12.4. The second-order valence-electron chi connectivity index (χ2n) is 2.19. The second-order valence-corrected chi connectivity index (χ2v) is 5.83. The molecule has 1 unspecified atom stereocenters. The van der Waals surface area contributed by atoms with Crippen LogP contribution in [0.4, 0.5) is 0 Å². The van der Waals surface area contributed by atoms with Gasteiger partial charge in [-0.25, -0.2) is 0 Å². The summed E-state index contributed by atoms with van der Waals surface area (Å²) in [5, 5.41) is 8.44. The average Bonchev–Trinajstić information content (AvgIpc) is 2.00. The van der Waals surface area contributed by atoms with Gasteiger partial charge in [-0.1, -0.05) is 24.0 Å². The Labute approximate surface area is 86.5 Å². The molecule has 2 nitrogen and oxygen atoms in total. The molecule has 1 atom stereocenters. The number of thiocarbonyl (C=S) groups is 1. The van der Waals surface area contributed by atoms with Crippen LogP contribution >= 0.6 is 35.7 Å². The van der Waals surface area contributed by atoms with Gasteiger partial charge in [0.2, 0.25) is 0 Å². The SMILES string of the molecule is CC(=O)C(C)SC(=S)SCCO. The maximum Gasteiger partial charge on any atom is 0.142 e. The van der Waals surface area contributed by atoms with Crippen LogP contribution in [0, 0.1) is 0 Å². The van der Waals surface area contributed by atoms with Crippen LogP contribution in [0.2, 0.25) is 0 Å². The first-order valence-corrected chi connectivity index (χ1v) is 5.80. The van der Waals surface area contributed by atoms with Crippen LogP contribution in [0.25, 0.3) is 0 Å². The van der Waals surface area contributed by atoms with Gasteiger partial charge in [0.25, 0.3) is 0 Å². The van der Waals surface area contributed by atoms with Gasteiger partial charge >= 0.3 is 0 Å². The number of hydrogen-bond donors (Lipinski definition) is 1. The van der Waals surface area contributed by atoms with Crippen molar-refractivity contribution in [3.63, 3.8) is 0 Å². The number of ketones is 1. The van der Waals surface area contributed by atoms with Crippen molar-refractivity contribution in [1.29, 1.82) is 0 Å². The predicted octanol–water partition coefficient (Wildman–Crippen LogP) is 1.71. The zero-order chi connectivity index (χ0) is 9.56. The molecule has 0 heterocycles. The summed E-state index contributed by atoms with van der Waals surface area (Å²) in [7, 11) is 0. The summed E-state index contributed by atoms with van der Waals surface area (Å²) >= 11 is 7.77. The average molecular weight is 224 g/mol. The van der Waals surface area contributed by atoms with Crippen molar-refractivity contribution in [1.82, 2.24) is 0 Å². The summed E-state index contributed by atoms with van der Waals surface area (Å²) in [5.74, 6) is 0.739. The highest BCUT2D eigenvalue weighted by Crippen LogP contribution is 2.21. The van der Waals surface area contributed by atoms with E-state index < -0.39 is 0 Å². The zero-order valence-electron chi connectivity index (χ0n) is 7.07. The smallest absolute Gasteiger partial charge is 0.142 e. The molecule has 0 aliphatic rings. The Kier molecular flexibility index (Phi) is 7.13. The van der Waals surface area contributed by atoms with Crippen LogP contribution in [0.1, 0.15) is 13.8 Å². The molecule has 0 aliphatic heterocycles. The van der Waals surface area contributed by atoms with Crippen LogP contribution in [0.3, 0.4) is 0 Å². The molecule has 0 amide bonds. The van der Waals surface area contributed by atoms with Gasteiger partial charge in [0.05, 0.1) is 11.9 Å². The maximum atomic E-state index is 10.8. The van der Waals surface area contributed by atoms with E-state index in [0.29, 0.717) is 5.75 Å². The predicted molar refractivity (Wildman–Crippen MR) is 59.9 cm³/mol. The van der Waals surface area contributed by atoms with Gasteiger partial charge in [-0.2, -0.15) is 0 Å². The standard InChI is InChI=1S/C7H12O2S3/c1-5(9)6(2)12-7(10)11-4-3-8/h6,8H,3-4H2,1-2H3. The minimum absolute atomic E-state index is 0.0660. The molecule has 1 N–H and O–H groups in total. The first-order chi connectivity index (χ1) is 5.57. The van der Waals surface area contributed by atoms with Crippen molar-refractivity contribution in [2.45, 2.75) is 19.1 Å². The third kappa shape index (κ3) is 5.99. The molecular weight excluding hydrogens is 212 g/mol. The lowest BCUT2D eigenvalue weighted by molar-refractivity contribution is -0.116. The Morgan fingerprint density at radius 3 is 2.67 bits per heavy atom. The third-order valence-corrected chi connectivity index (χ3v) is 3.94. The Balaban J connectivity index is 3.61.